The van der Waals surface area contributed by atoms with Crippen molar-refractivity contribution in [2.75, 3.05) is 0 Å². The van der Waals surface area contributed by atoms with E-state index in [2.05, 4.69) is 0 Å². The molecule has 0 saturated heterocycles. The van der Waals surface area contributed by atoms with E-state index in [0.29, 0.717) is 21.9 Å². The van der Waals surface area contributed by atoms with Gasteiger partial charge in [0.1, 0.15) is 5.75 Å². The number of fused-ring (bicyclic) bond motifs is 1. The molecule has 0 bridgehead atoms. The van der Waals surface area contributed by atoms with Gasteiger partial charge in [0.15, 0.2) is 11.9 Å². The molecule has 25 heavy (non-hydrogen) atoms. The highest BCUT2D eigenvalue weighted by Gasteiger charge is 2.32. The van der Waals surface area contributed by atoms with Crippen LogP contribution in [0.25, 0.3) is 6.08 Å². The highest BCUT2D eigenvalue weighted by Crippen LogP contribution is 2.39. The van der Waals surface area contributed by atoms with Gasteiger partial charge < -0.3 is 4.74 Å². The zero-order chi connectivity index (χ0) is 17.2. The monoisotopic (exact) mass is 346 g/mol. The molecule has 0 spiro atoms. The van der Waals surface area contributed by atoms with E-state index in [1.165, 1.54) is 0 Å². The van der Waals surface area contributed by atoms with Crippen molar-refractivity contribution >= 4 is 23.5 Å². The number of para-hydroxylation sites is 1. The first-order valence-corrected chi connectivity index (χ1v) is 8.43. The summed E-state index contributed by atoms with van der Waals surface area (Å²) in [5, 5.41) is 0.605. The van der Waals surface area contributed by atoms with Gasteiger partial charge in [0.05, 0.1) is 5.56 Å². The number of hydrogen-bond acceptors (Lipinski definition) is 2. The fourth-order valence-corrected chi connectivity index (χ4v) is 3.19. The van der Waals surface area contributed by atoms with E-state index in [-0.39, 0.29) is 5.78 Å². The van der Waals surface area contributed by atoms with E-state index in [1.807, 2.05) is 78.9 Å². The summed E-state index contributed by atoms with van der Waals surface area (Å²) in [4.78, 5) is 13.1. The number of carbonyl (C=O) groups excluding carboxylic acids is 1. The Morgan fingerprint density at radius 3 is 2.32 bits per heavy atom. The van der Waals surface area contributed by atoms with Crippen LogP contribution >= 0.6 is 11.6 Å². The average molecular weight is 347 g/mol. The van der Waals surface area contributed by atoms with Crippen molar-refractivity contribution in [1.29, 1.82) is 0 Å². The summed E-state index contributed by atoms with van der Waals surface area (Å²) in [6.07, 6.45) is 1.37. The first-order chi connectivity index (χ1) is 12.2. The number of halogens is 1. The van der Waals surface area contributed by atoms with Gasteiger partial charge in [-0.15, -0.1) is 0 Å². The van der Waals surface area contributed by atoms with Crippen LogP contribution in [0.15, 0.2) is 84.4 Å². The maximum absolute atomic E-state index is 13.1. The molecule has 1 unspecified atom stereocenters. The lowest BCUT2D eigenvalue weighted by molar-refractivity contribution is 0.0963. The van der Waals surface area contributed by atoms with Gasteiger partial charge in [-0.05, 0) is 35.4 Å². The molecule has 0 N–H and O–H groups in total. The number of Topliss-reactive ketones (excluding diaryl/α,β-unsaturated/α-hetero) is 1. The Balaban J connectivity index is 1.89. The van der Waals surface area contributed by atoms with Crippen LogP contribution in [-0.4, -0.2) is 5.78 Å². The summed E-state index contributed by atoms with van der Waals surface area (Å²) in [5.74, 6) is 0.577. The predicted molar refractivity (Wildman–Crippen MR) is 100 cm³/mol. The Labute approximate surface area is 151 Å². The standard InChI is InChI=1S/C22H15ClO2/c23-19-12-6-4-10-16(19)14-18-21(24)17-11-5-7-13-20(17)25-22(18)15-8-2-1-3-9-15/h1-14,22H. The quantitative estimate of drug-likeness (QED) is 0.553. The topological polar surface area (TPSA) is 26.3 Å². The normalized spacial score (nSPS) is 17.9. The molecule has 4 rings (SSSR count). The Bertz CT molecular complexity index is 961. The molecule has 0 fully saturated rings. The van der Waals surface area contributed by atoms with Gasteiger partial charge in [0, 0.05) is 10.6 Å². The summed E-state index contributed by atoms with van der Waals surface area (Å²) in [7, 11) is 0. The third kappa shape index (κ3) is 2.97. The third-order valence-electron chi connectivity index (χ3n) is 4.24. The van der Waals surface area contributed by atoms with Crippen LogP contribution in [0.2, 0.25) is 5.02 Å². The molecule has 0 aromatic heterocycles. The van der Waals surface area contributed by atoms with Crippen molar-refractivity contribution in [1.82, 2.24) is 0 Å². The fraction of sp³-hybridized carbons (Fsp3) is 0.0455. The van der Waals surface area contributed by atoms with Crippen molar-refractivity contribution in [3.05, 3.63) is 106 Å². The van der Waals surface area contributed by atoms with Crippen LogP contribution in [0, 0.1) is 0 Å². The molecule has 1 aliphatic heterocycles. The highest BCUT2D eigenvalue weighted by atomic mass is 35.5. The molecule has 122 valence electrons. The Morgan fingerprint density at radius 2 is 1.52 bits per heavy atom. The number of ketones is 1. The minimum Gasteiger partial charge on any atom is -0.480 e. The van der Waals surface area contributed by atoms with Gasteiger partial charge in [0.2, 0.25) is 0 Å². The lowest BCUT2D eigenvalue weighted by Crippen LogP contribution is -2.23. The van der Waals surface area contributed by atoms with Crippen LogP contribution in [0.5, 0.6) is 5.75 Å². The lowest BCUT2D eigenvalue weighted by Gasteiger charge is -2.28. The molecule has 0 saturated carbocycles. The zero-order valence-corrected chi connectivity index (χ0v) is 14.1. The molecule has 1 aliphatic rings. The maximum Gasteiger partial charge on any atom is 0.196 e. The van der Waals surface area contributed by atoms with Gasteiger partial charge in [0.25, 0.3) is 0 Å². The maximum atomic E-state index is 13.1. The van der Waals surface area contributed by atoms with Gasteiger partial charge in [-0.25, -0.2) is 0 Å². The largest absolute Gasteiger partial charge is 0.480 e. The van der Waals surface area contributed by atoms with Crippen LogP contribution in [0.1, 0.15) is 27.6 Å². The number of carbonyl (C=O) groups is 1. The number of ether oxygens (including phenoxy) is 1. The van der Waals surface area contributed by atoms with Crippen LogP contribution in [0.4, 0.5) is 0 Å². The van der Waals surface area contributed by atoms with Crippen molar-refractivity contribution in [3.63, 3.8) is 0 Å². The number of benzene rings is 3. The van der Waals surface area contributed by atoms with Gasteiger partial charge in [-0.1, -0.05) is 72.3 Å². The molecule has 1 heterocycles. The summed E-state index contributed by atoms with van der Waals surface area (Å²) in [6.45, 7) is 0. The third-order valence-corrected chi connectivity index (χ3v) is 4.58. The molecular weight excluding hydrogens is 332 g/mol. The van der Waals surface area contributed by atoms with Crippen molar-refractivity contribution in [2.45, 2.75) is 6.10 Å². The SMILES string of the molecule is O=C1C(=Cc2ccccc2Cl)C(c2ccccc2)Oc2ccccc21. The first kappa shape index (κ1) is 15.7. The molecule has 0 radical (unpaired) electrons. The van der Waals surface area contributed by atoms with E-state index in [9.17, 15) is 4.79 Å². The first-order valence-electron chi connectivity index (χ1n) is 8.05. The van der Waals surface area contributed by atoms with Gasteiger partial charge >= 0.3 is 0 Å². The zero-order valence-electron chi connectivity index (χ0n) is 13.4. The van der Waals surface area contributed by atoms with Crippen molar-refractivity contribution in [3.8, 4) is 5.75 Å². The minimum absolute atomic E-state index is 0.0318. The summed E-state index contributed by atoms with van der Waals surface area (Å²) in [6, 6.07) is 24.6. The second kappa shape index (κ2) is 6.58. The van der Waals surface area contributed by atoms with Crippen LogP contribution in [-0.2, 0) is 0 Å². The molecule has 3 aromatic carbocycles. The molecule has 3 heteroatoms. The second-order valence-corrected chi connectivity index (χ2v) is 6.26. The van der Waals surface area contributed by atoms with E-state index >= 15 is 0 Å². The fourth-order valence-electron chi connectivity index (χ4n) is 3.00. The molecule has 1 atom stereocenters. The van der Waals surface area contributed by atoms with Crippen LogP contribution < -0.4 is 4.74 Å². The van der Waals surface area contributed by atoms with E-state index < -0.39 is 6.10 Å². The summed E-state index contributed by atoms with van der Waals surface area (Å²) < 4.78 is 6.18. The number of hydrogen-bond donors (Lipinski definition) is 0. The Hall–Kier alpha value is -2.84. The van der Waals surface area contributed by atoms with Crippen LogP contribution in [0.3, 0.4) is 0 Å². The average Bonchev–Trinajstić information content (AvgIpc) is 2.66. The number of rotatable bonds is 2. The van der Waals surface area contributed by atoms with E-state index in [0.717, 1.165) is 11.1 Å². The molecule has 0 amide bonds. The summed E-state index contributed by atoms with van der Waals surface area (Å²) >= 11 is 6.29. The van der Waals surface area contributed by atoms with Gasteiger partial charge in [-0.3, -0.25) is 4.79 Å². The van der Waals surface area contributed by atoms with E-state index in [4.69, 9.17) is 16.3 Å². The highest BCUT2D eigenvalue weighted by molar-refractivity contribution is 6.32. The van der Waals surface area contributed by atoms with Gasteiger partial charge in [-0.2, -0.15) is 0 Å². The Morgan fingerprint density at radius 1 is 0.840 bits per heavy atom. The second-order valence-electron chi connectivity index (χ2n) is 5.86. The molecular formula is C22H15ClO2. The molecule has 2 nitrogen and oxygen atoms in total. The lowest BCUT2D eigenvalue weighted by atomic mass is 9.89. The van der Waals surface area contributed by atoms with Crippen molar-refractivity contribution in [2.24, 2.45) is 0 Å². The van der Waals surface area contributed by atoms with E-state index in [1.54, 1.807) is 6.07 Å². The predicted octanol–water partition coefficient (Wildman–Crippen LogP) is 5.74. The minimum atomic E-state index is -0.458. The molecule has 3 aromatic rings. The smallest absolute Gasteiger partial charge is 0.196 e. The molecule has 0 aliphatic carbocycles. The Kier molecular flexibility index (Phi) is 4.12. The summed E-state index contributed by atoms with van der Waals surface area (Å²) in [5.41, 5.74) is 2.89. The van der Waals surface area contributed by atoms with Crippen molar-refractivity contribution < 1.29 is 9.53 Å².